The number of hydrogen-bond donors (Lipinski definition) is 0. The Balaban J connectivity index is 1.56. The average Bonchev–Trinajstić information content (AvgIpc) is 3.46. The van der Waals surface area contributed by atoms with Gasteiger partial charge in [-0.3, -0.25) is 14.2 Å². The molecule has 8 nitrogen and oxygen atoms in total. The molecule has 1 fully saturated rings. The maximum Gasteiger partial charge on any atom is 0.352 e. The number of aromatic nitrogens is 4. The van der Waals surface area contributed by atoms with E-state index in [1.165, 1.54) is 20.4 Å². The van der Waals surface area contributed by atoms with Crippen LogP contribution in [-0.2, 0) is 17.9 Å². The summed E-state index contributed by atoms with van der Waals surface area (Å²) in [5, 5.41) is 6.36. The second kappa shape index (κ2) is 7.49. The fourth-order valence-electron chi connectivity index (χ4n) is 4.14. The van der Waals surface area contributed by atoms with E-state index in [1.54, 1.807) is 15.5 Å². The summed E-state index contributed by atoms with van der Waals surface area (Å²) in [7, 11) is 0. The monoisotopic (exact) mass is 437 g/mol. The summed E-state index contributed by atoms with van der Waals surface area (Å²) in [5.41, 5.74) is 2.00. The minimum absolute atomic E-state index is 0.108. The van der Waals surface area contributed by atoms with Crippen molar-refractivity contribution < 1.29 is 4.79 Å². The van der Waals surface area contributed by atoms with Crippen LogP contribution in [-0.4, -0.2) is 31.2 Å². The van der Waals surface area contributed by atoms with Crippen molar-refractivity contribution in [3.8, 4) is 0 Å². The molecular formula is C22H23N5O3S. The first kappa shape index (κ1) is 19.7. The van der Waals surface area contributed by atoms with Crippen molar-refractivity contribution in [3.63, 3.8) is 0 Å². The molecule has 0 unspecified atom stereocenters. The molecule has 1 amide bonds. The Morgan fingerprint density at radius 3 is 2.55 bits per heavy atom. The van der Waals surface area contributed by atoms with Gasteiger partial charge in [0.05, 0.1) is 12.1 Å². The minimum atomic E-state index is -0.269. The molecule has 0 N–H and O–H groups in total. The summed E-state index contributed by atoms with van der Waals surface area (Å²) in [4.78, 5) is 39.9. The number of thiophene rings is 1. The number of nitrogens with zero attached hydrogens (tertiary/aromatic N) is 5. The van der Waals surface area contributed by atoms with Gasteiger partial charge in [-0.05, 0) is 41.5 Å². The molecule has 31 heavy (non-hydrogen) atoms. The van der Waals surface area contributed by atoms with Crippen molar-refractivity contribution in [1.29, 1.82) is 0 Å². The first-order chi connectivity index (χ1) is 14.9. The number of benzene rings is 1. The number of anilines is 1. The molecule has 1 aliphatic heterocycles. The van der Waals surface area contributed by atoms with Crippen LogP contribution in [0.25, 0.3) is 16.0 Å². The van der Waals surface area contributed by atoms with Crippen LogP contribution >= 0.6 is 11.3 Å². The number of rotatable bonds is 5. The first-order valence-electron chi connectivity index (χ1n) is 10.4. The molecule has 0 radical (unpaired) electrons. The first-order valence-corrected chi connectivity index (χ1v) is 11.3. The summed E-state index contributed by atoms with van der Waals surface area (Å²) in [5.74, 6) is 0.751. The highest BCUT2D eigenvalue weighted by Crippen LogP contribution is 2.22. The van der Waals surface area contributed by atoms with E-state index in [9.17, 15) is 14.4 Å². The van der Waals surface area contributed by atoms with Gasteiger partial charge in [0, 0.05) is 25.2 Å². The van der Waals surface area contributed by atoms with Gasteiger partial charge in [0.15, 0.2) is 0 Å². The zero-order valence-electron chi connectivity index (χ0n) is 17.4. The van der Waals surface area contributed by atoms with Gasteiger partial charge >= 0.3 is 5.69 Å². The molecule has 0 saturated carbocycles. The minimum Gasteiger partial charge on any atom is -0.312 e. The van der Waals surface area contributed by atoms with Crippen LogP contribution in [0.4, 0.5) is 5.69 Å². The van der Waals surface area contributed by atoms with E-state index < -0.39 is 0 Å². The van der Waals surface area contributed by atoms with Gasteiger partial charge in [0.25, 0.3) is 5.56 Å². The standard InChI is InChI=1S/C22H23N5O3S/c1-14(2)12-25-20(29)19-17(9-11-31-19)27-21(25)23-26(22(27)30)13-15-5-7-16(8-6-15)24-10-3-4-18(24)28/h5-9,11,14H,3-4,10,12-13H2,1-2H3. The summed E-state index contributed by atoms with van der Waals surface area (Å²) in [6.45, 7) is 5.59. The average molecular weight is 438 g/mol. The number of carbonyl (C=O) groups excluding carboxylic acids is 1. The third kappa shape index (κ3) is 3.29. The van der Waals surface area contributed by atoms with Crippen molar-refractivity contribution in [2.45, 2.75) is 39.8 Å². The molecule has 1 aromatic carbocycles. The molecule has 160 valence electrons. The molecule has 0 atom stereocenters. The molecule has 0 aliphatic carbocycles. The predicted molar refractivity (Wildman–Crippen MR) is 121 cm³/mol. The van der Waals surface area contributed by atoms with Crippen molar-refractivity contribution in [1.82, 2.24) is 18.7 Å². The summed E-state index contributed by atoms with van der Waals surface area (Å²) < 4.78 is 5.10. The molecule has 0 bridgehead atoms. The van der Waals surface area contributed by atoms with Crippen LogP contribution in [0, 0.1) is 5.92 Å². The van der Waals surface area contributed by atoms with Crippen molar-refractivity contribution in [2.75, 3.05) is 11.4 Å². The van der Waals surface area contributed by atoms with E-state index >= 15 is 0 Å². The van der Waals surface area contributed by atoms with Crippen molar-refractivity contribution in [3.05, 3.63) is 62.1 Å². The molecular weight excluding hydrogens is 414 g/mol. The maximum absolute atomic E-state index is 13.2. The van der Waals surface area contributed by atoms with E-state index in [0.29, 0.717) is 29.0 Å². The summed E-state index contributed by atoms with van der Waals surface area (Å²) in [6.07, 6.45) is 1.47. The van der Waals surface area contributed by atoms with Gasteiger partial charge in [-0.15, -0.1) is 16.4 Å². The smallest absolute Gasteiger partial charge is 0.312 e. The van der Waals surface area contributed by atoms with E-state index in [4.69, 9.17) is 0 Å². The topological polar surface area (TPSA) is 81.6 Å². The van der Waals surface area contributed by atoms with Crippen LogP contribution in [0.15, 0.2) is 45.3 Å². The second-order valence-electron chi connectivity index (χ2n) is 8.34. The largest absolute Gasteiger partial charge is 0.352 e. The van der Waals surface area contributed by atoms with Crippen molar-refractivity contribution >= 4 is 38.9 Å². The Kier molecular flexibility index (Phi) is 4.77. The van der Waals surface area contributed by atoms with Crippen LogP contribution in [0.1, 0.15) is 32.3 Å². The zero-order chi connectivity index (χ0) is 21.7. The number of fused-ring (bicyclic) bond motifs is 3. The number of hydrogen-bond acceptors (Lipinski definition) is 5. The highest BCUT2D eigenvalue weighted by molar-refractivity contribution is 7.17. The Labute approximate surface area is 181 Å². The normalized spacial score (nSPS) is 14.5. The van der Waals surface area contributed by atoms with E-state index in [2.05, 4.69) is 5.10 Å². The fourth-order valence-corrected chi connectivity index (χ4v) is 4.97. The second-order valence-corrected chi connectivity index (χ2v) is 9.25. The summed E-state index contributed by atoms with van der Waals surface area (Å²) in [6, 6.07) is 9.44. The fraction of sp³-hybridized carbons (Fsp3) is 0.364. The Hall–Kier alpha value is -3.20. The molecule has 1 aliphatic rings. The third-order valence-corrected chi connectivity index (χ3v) is 6.48. The highest BCUT2D eigenvalue weighted by Gasteiger charge is 2.22. The van der Waals surface area contributed by atoms with Crippen LogP contribution in [0.5, 0.6) is 0 Å². The lowest BCUT2D eigenvalue weighted by Gasteiger charge is -2.15. The SMILES string of the molecule is CC(C)Cn1c(=O)c2sccc2n2c(=O)n(Cc3ccc(N4CCCC4=O)cc3)nc12. The number of amides is 1. The van der Waals surface area contributed by atoms with E-state index in [-0.39, 0.29) is 29.6 Å². The molecule has 4 aromatic rings. The van der Waals surface area contributed by atoms with Gasteiger partial charge in [-0.1, -0.05) is 26.0 Å². The molecule has 3 aromatic heterocycles. The molecule has 9 heteroatoms. The molecule has 1 saturated heterocycles. The third-order valence-electron chi connectivity index (χ3n) is 5.59. The van der Waals surface area contributed by atoms with Crippen molar-refractivity contribution in [2.24, 2.45) is 5.92 Å². The van der Waals surface area contributed by atoms with Gasteiger partial charge in [0.2, 0.25) is 11.7 Å². The predicted octanol–water partition coefficient (Wildman–Crippen LogP) is 2.70. The quantitative estimate of drug-likeness (QED) is 0.481. The Morgan fingerprint density at radius 2 is 1.87 bits per heavy atom. The van der Waals surface area contributed by atoms with Gasteiger partial charge in [-0.2, -0.15) is 0 Å². The van der Waals surface area contributed by atoms with Gasteiger partial charge in [0.1, 0.15) is 4.70 Å². The van der Waals surface area contributed by atoms with Gasteiger partial charge in [-0.25, -0.2) is 13.9 Å². The Morgan fingerprint density at radius 1 is 1.10 bits per heavy atom. The molecule has 4 heterocycles. The van der Waals surface area contributed by atoms with E-state index in [1.807, 2.05) is 43.5 Å². The zero-order valence-corrected chi connectivity index (χ0v) is 18.3. The molecule has 5 rings (SSSR count). The summed E-state index contributed by atoms with van der Waals surface area (Å²) >= 11 is 1.34. The number of carbonyl (C=O) groups is 1. The van der Waals surface area contributed by atoms with Crippen LogP contribution in [0.2, 0.25) is 0 Å². The molecule has 0 spiro atoms. The van der Waals surface area contributed by atoms with E-state index in [0.717, 1.165) is 24.2 Å². The lowest BCUT2D eigenvalue weighted by Crippen LogP contribution is -2.27. The highest BCUT2D eigenvalue weighted by atomic mass is 32.1. The Bertz CT molecular complexity index is 1410. The van der Waals surface area contributed by atoms with Crippen LogP contribution in [0.3, 0.4) is 0 Å². The maximum atomic E-state index is 13.2. The lowest BCUT2D eigenvalue weighted by atomic mass is 10.2. The van der Waals surface area contributed by atoms with Crippen LogP contribution < -0.4 is 16.1 Å². The lowest BCUT2D eigenvalue weighted by molar-refractivity contribution is -0.117. The van der Waals surface area contributed by atoms with Gasteiger partial charge < -0.3 is 4.90 Å².